The van der Waals surface area contributed by atoms with Gasteiger partial charge in [0.2, 0.25) is 5.91 Å². The fraction of sp³-hybridized carbons (Fsp3) is 0.500. The maximum atomic E-state index is 11.6. The van der Waals surface area contributed by atoms with Crippen LogP contribution >= 0.6 is 15.9 Å². The predicted octanol–water partition coefficient (Wildman–Crippen LogP) is 2.37. The summed E-state index contributed by atoms with van der Waals surface area (Å²) in [4.78, 5) is 17.8. The van der Waals surface area contributed by atoms with Gasteiger partial charge in [-0.3, -0.25) is 9.79 Å². The zero-order valence-corrected chi connectivity index (χ0v) is 15.1. The number of carbonyl (C=O) groups excluding carboxylic acids is 1. The minimum absolute atomic E-state index is 0.0698. The zero-order chi connectivity index (χ0) is 16.4. The van der Waals surface area contributed by atoms with E-state index in [1.54, 1.807) is 7.05 Å². The van der Waals surface area contributed by atoms with E-state index in [2.05, 4.69) is 43.7 Å². The average molecular weight is 369 g/mol. The normalized spacial score (nSPS) is 11.2. The van der Waals surface area contributed by atoms with Crippen molar-refractivity contribution >= 4 is 27.8 Å². The predicted molar refractivity (Wildman–Crippen MR) is 94.9 cm³/mol. The van der Waals surface area contributed by atoms with Crippen molar-refractivity contribution in [3.05, 3.63) is 34.3 Å². The molecule has 0 aliphatic carbocycles. The first-order valence-electron chi connectivity index (χ1n) is 7.49. The van der Waals surface area contributed by atoms with Crippen molar-refractivity contribution in [2.24, 2.45) is 4.99 Å². The van der Waals surface area contributed by atoms with E-state index in [-0.39, 0.29) is 5.91 Å². The number of nitrogens with zero attached hydrogens (tertiary/aromatic N) is 2. The van der Waals surface area contributed by atoms with Crippen LogP contribution in [0.5, 0.6) is 0 Å². The number of nitrogens with one attached hydrogen (secondary N) is 2. The van der Waals surface area contributed by atoms with Crippen LogP contribution in [0.3, 0.4) is 0 Å². The van der Waals surface area contributed by atoms with Crippen LogP contribution < -0.4 is 10.6 Å². The molecule has 1 aromatic rings. The molecule has 0 radical (unpaired) electrons. The molecule has 122 valence electrons. The molecule has 0 spiro atoms. The standard InChI is InChI=1S/C16H25BrN4O/c1-4-10-19-15(22)9-11-20-16(18-2)21(3)12-13-5-7-14(17)8-6-13/h5-8H,4,9-12H2,1-3H3,(H,18,20)(H,19,22). The Labute approximate surface area is 141 Å². The number of aliphatic imine (C=N–C) groups is 1. The highest BCUT2D eigenvalue weighted by Crippen LogP contribution is 2.11. The summed E-state index contributed by atoms with van der Waals surface area (Å²) in [5, 5.41) is 6.08. The Morgan fingerprint density at radius 2 is 1.91 bits per heavy atom. The van der Waals surface area contributed by atoms with Gasteiger partial charge in [0.15, 0.2) is 5.96 Å². The molecule has 1 rings (SSSR count). The fourth-order valence-corrected chi connectivity index (χ4v) is 2.23. The second-order valence-corrected chi connectivity index (χ2v) is 5.97. The smallest absolute Gasteiger partial charge is 0.221 e. The molecule has 1 amide bonds. The molecule has 0 unspecified atom stereocenters. The van der Waals surface area contributed by atoms with Crippen LogP contribution in [0.2, 0.25) is 0 Å². The molecule has 5 nitrogen and oxygen atoms in total. The van der Waals surface area contributed by atoms with Crippen molar-refractivity contribution in [2.45, 2.75) is 26.3 Å². The molecule has 6 heteroatoms. The number of hydrogen-bond donors (Lipinski definition) is 2. The van der Waals surface area contributed by atoms with Crippen LogP contribution in [0.4, 0.5) is 0 Å². The summed E-state index contributed by atoms with van der Waals surface area (Å²) in [6.45, 7) is 4.11. The lowest BCUT2D eigenvalue weighted by Gasteiger charge is -2.22. The largest absolute Gasteiger partial charge is 0.356 e. The van der Waals surface area contributed by atoms with Crippen LogP contribution in [0.15, 0.2) is 33.7 Å². The van der Waals surface area contributed by atoms with E-state index < -0.39 is 0 Å². The first-order valence-corrected chi connectivity index (χ1v) is 8.29. The molecule has 0 saturated heterocycles. The van der Waals surface area contributed by atoms with Crippen molar-refractivity contribution in [3.8, 4) is 0 Å². The van der Waals surface area contributed by atoms with Gasteiger partial charge in [0, 0.05) is 44.6 Å². The van der Waals surface area contributed by atoms with Gasteiger partial charge < -0.3 is 15.5 Å². The van der Waals surface area contributed by atoms with Gasteiger partial charge in [-0.25, -0.2) is 0 Å². The quantitative estimate of drug-likeness (QED) is 0.573. The third-order valence-corrected chi connectivity index (χ3v) is 3.64. The molecule has 22 heavy (non-hydrogen) atoms. The van der Waals surface area contributed by atoms with Crippen molar-refractivity contribution in [3.63, 3.8) is 0 Å². The lowest BCUT2D eigenvalue weighted by molar-refractivity contribution is -0.120. The Morgan fingerprint density at radius 3 is 2.50 bits per heavy atom. The van der Waals surface area contributed by atoms with E-state index in [1.807, 2.05) is 31.0 Å². The minimum Gasteiger partial charge on any atom is -0.356 e. The van der Waals surface area contributed by atoms with Gasteiger partial charge >= 0.3 is 0 Å². The molecule has 0 atom stereocenters. The fourth-order valence-electron chi connectivity index (χ4n) is 1.96. The van der Waals surface area contributed by atoms with Crippen molar-refractivity contribution in [1.82, 2.24) is 15.5 Å². The summed E-state index contributed by atoms with van der Waals surface area (Å²) < 4.78 is 1.07. The average Bonchev–Trinajstić information content (AvgIpc) is 2.51. The maximum absolute atomic E-state index is 11.6. The van der Waals surface area contributed by atoms with E-state index in [0.29, 0.717) is 13.0 Å². The van der Waals surface area contributed by atoms with Gasteiger partial charge in [0.1, 0.15) is 0 Å². The lowest BCUT2D eigenvalue weighted by Crippen LogP contribution is -2.40. The summed E-state index contributed by atoms with van der Waals surface area (Å²) in [5.41, 5.74) is 1.20. The molecular weight excluding hydrogens is 344 g/mol. The first kappa shape index (κ1) is 18.5. The molecule has 0 aliphatic rings. The Morgan fingerprint density at radius 1 is 1.23 bits per heavy atom. The number of hydrogen-bond acceptors (Lipinski definition) is 2. The second-order valence-electron chi connectivity index (χ2n) is 5.06. The third-order valence-electron chi connectivity index (χ3n) is 3.11. The van der Waals surface area contributed by atoms with Gasteiger partial charge in [-0.2, -0.15) is 0 Å². The van der Waals surface area contributed by atoms with E-state index in [0.717, 1.165) is 29.9 Å². The van der Waals surface area contributed by atoms with Crippen LogP contribution in [-0.4, -0.2) is 44.0 Å². The Hall–Kier alpha value is -1.56. The summed E-state index contributed by atoms with van der Waals surface area (Å²) in [6, 6.07) is 8.20. The topological polar surface area (TPSA) is 56.7 Å². The van der Waals surface area contributed by atoms with Crippen LogP contribution in [0.25, 0.3) is 0 Å². The van der Waals surface area contributed by atoms with Gasteiger partial charge in [-0.1, -0.05) is 35.0 Å². The number of guanidine groups is 1. The molecule has 0 fully saturated rings. The first-order chi connectivity index (χ1) is 10.6. The molecule has 0 aromatic heterocycles. The van der Waals surface area contributed by atoms with Gasteiger partial charge in [0.05, 0.1) is 0 Å². The van der Waals surface area contributed by atoms with Gasteiger partial charge in [0.25, 0.3) is 0 Å². The minimum atomic E-state index is 0.0698. The van der Waals surface area contributed by atoms with Crippen LogP contribution in [0.1, 0.15) is 25.3 Å². The Kier molecular flexibility index (Phi) is 8.58. The van der Waals surface area contributed by atoms with E-state index in [1.165, 1.54) is 5.56 Å². The number of amides is 1. The van der Waals surface area contributed by atoms with Crippen molar-refractivity contribution in [2.75, 3.05) is 27.2 Å². The SMILES string of the molecule is CCCNC(=O)CCNC(=NC)N(C)Cc1ccc(Br)cc1. The Balaban J connectivity index is 2.40. The molecule has 0 aliphatic heterocycles. The number of halogens is 1. The number of benzene rings is 1. The van der Waals surface area contributed by atoms with Crippen molar-refractivity contribution < 1.29 is 4.79 Å². The summed E-state index contributed by atoms with van der Waals surface area (Å²) in [6.07, 6.45) is 1.40. The number of rotatable bonds is 7. The highest BCUT2D eigenvalue weighted by atomic mass is 79.9. The van der Waals surface area contributed by atoms with E-state index in [9.17, 15) is 4.79 Å². The maximum Gasteiger partial charge on any atom is 0.221 e. The monoisotopic (exact) mass is 368 g/mol. The molecular formula is C16H25BrN4O. The highest BCUT2D eigenvalue weighted by molar-refractivity contribution is 9.10. The molecule has 0 bridgehead atoms. The van der Waals surface area contributed by atoms with Gasteiger partial charge in [-0.15, -0.1) is 0 Å². The summed E-state index contributed by atoms with van der Waals surface area (Å²) >= 11 is 3.43. The van der Waals surface area contributed by atoms with Crippen molar-refractivity contribution in [1.29, 1.82) is 0 Å². The van der Waals surface area contributed by atoms with Gasteiger partial charge in [-0.05, 0) is 24.1 Å². The highest BCUT2D eigenvalue weighted by Gasteiger charge is 2.07. The Bertz CT molecular complexity index is 487. The van der Waals surface area contributed by atoms with Crippen LogP contribution in [-0.2, 0) is 11.3 Å². The van der Waals surface area contributed by atoms with E-state index in [4.69, 9.17) is 0 Å². The second kappa shape index (κ2) is 10.2. The number of carbonyl (C=O) groups is 1. The molecule has 0 heterocycles. The van der Waals surface area contributed by atoms with Crippen LogP contribution in [0, 0.1) is 0 Å². The van der Waals surface area contributed by atoms with E-state index >= 15 is 0 Å². The molecule has 0 saturated carbocycles. The summed E-state index contributed by atoms with van der Waals surface area (Å²) in [5.74, 6) is 0.853. The molecule has 1 aromatic carbocycles. The zero-order valence-electron chi connectivity index (χ0n) is 13.5. The third kappa shape index (κ3) is 6.93. The summed E-state index contributed by atoms with van der Waals surface area (Å²) in [7, 11) is 3.73. The lowest BCUT2D eigenvalue weighted by atomic mass is 10.2. The molecule has 2 N–H and O–H groups in total.